The minimum absolute atomic E-state index is 0.532. The van der Waals surface area contributed by atoms with Crippen LogP contribution in [-0.4, -0.2) is 28.7 Å². The van der Waals surface area contributed by atoms with Crippen molar-refractivity contribution in [3.05, 3.63) is 24.3 Å². The number of hydrogen-bond acceptors (Lipinski definition) is 3. The van der Waals surface area contributed by atoms with E-state index in [0.29, 0.717) is 12.0 Å². The topological polar surface area (TPSA) is 47.1 Å². The van der Waals surface area contributed by atoms with Crippen molar-refractivity contribution in [2.24, 2.45) is 18.7 Å². The Labute approximate surface area is 126 Å². The minimum Gasteiger partial charge on any atom is -0.339 e. The van der Waals surface area contributed by atoms with Gasteiger partial charge in [-0.15, -0.1) is 0 Å². The molecule has 114 valence electrons. The van der Waals surface area contributed by atoms with Crippen molar-refractivity contribution in [3.63, 3.8) is 0 Å². The molecule has 0 saturated heterocycles. The first-order valence-corrected chi connectivity index (χ1v) is 8.14. The number of hydrogen-bond donors (Lipinski definition) is 1. The SMILES string of the molecule is CCN(c1nc2ccccc2n1C)C1CCCCC1CN. The molecule has 2 atom stereocenters. The first-order valence-electron chi connectivity index (χ1n) is 8.14. The van der Waals surface area contributed by atoms with Crippen molar-refractivity contribution >= 4 is 17.0 Å². The second kappa shape index (κ2) is 6.06. The van der Waals surface area contributed by atoms with E-state index in [4.69, 9.17) is 10.7 Å². The fourth-order valence-electron chi connectivity index (χ4n) is 3.79. The zero-order chi connectivity index (χ0) is 14.8. The number of para-hydroxylation sites is 2. The maximum absolute atomic E-state index is 6.02. The van der Waals surface area contributed by atoms with Crippen LogP contribution in [0.5, 0.6) is 0 Å². The third kappa shape index (κ3) is 2.53. The molecule has 1 heterocycles. The van der Waals surface area contributed by atoms with Crippen LogP contribution >= 0.6 is 0 Å². The highest BCUT2D eigenvalue weighted by molar-refractivity contribution is 5.78. The molecule has 4 heteroatoms. The maximum Gasteiger partial charge on any atom is 0.206 e. The molecule has 1 fully saturated rings. The molecule has 1 aliphatic carbocycles. The van der Waals surface area contributed by atoms with Gasteiger partial charge in [0, 0.05) is 19.6 Å². The Morgan fingerprint density at radius 1 is 1.29 bits per heavy atom. The van der Waals surface area contributed by atoms with Crippen LogP contribution in [0.3, 0.4) is 0 Å². The third-order valence-corrected chi connectivity index (χ3v) is 4.93. The number of aryl methyl sites for hydroxylation is 1. The molecule has 0 amide bonds. The van der Waals surface area contributed by atoms with Crippen LogP contribution in [0.2, 0.25) is 0 Å². The van der Waals surface area contributed by atoms with E-state index in [1.165, 1.54) is 31.2 Å². The Balaban J connectivity index is 1.99. The summed E-state index contributed by atoms with van der Waals surface area (Å²) in [5.41, 5.74) is 8.30. The van der Waals surface area contributed by atoms with Crippen molar-refractivity contribution in [2.75, 3.05) is 18.0 Å². The number of imidazole rings is 1. The van der Waals surface area contributed by atoms with E-state index in [9.17, 15) is 0 Å². The van der Waals surface area contributed by atoms with E-state index in [-0.39, 0.29) is 0 Å². The Morgan fingerprint density at radius 2 is 2.05 bits per heavy atom. The highest BCUT2D eigenvalue weighted by Crippen LogP contribution is 2.31. The number of fused-ring (bicyclic) bond motifs is 1. The molecule has 1 aromatic carbocycles. The monoisotopic (exact) mass is 286 g/mol. The molecular weight excluding hydrogens is 260 g/mol. The van der Waals surface area contributed by atoms with Crippen molar-refractivity contribution in [1.82, 2.24) is 9.55 Å². The van der Waals surface area contributed by atoms with Gasteiger partial charge in [0.05, 0.1) is 11.0 Å². The second-order valence-corrected chi connectivity index (χ2v) is 6.09. The summed E-state index contributed by atoms with van der Waals surface area (Å²) in [6.07, 6.45) is 5.11. The van der Waals surface area contributed by atoms with Crippen LogP contribution in [0.4, 0.5) is 5.95 Å². The van der Waals surface area contributed by atoms with Crippen LogP contribution in [0.25, 0.3) is 11.0 Å². The van der Waals surface area contributed by atoms with Gasteiger partial charge in [0.1, 0.15) is 0 Å². The van der Waals surface area contributed by atoms with Crippen LogP contribution < -0.4 is 10.6 Å². The smallest absolute Gasteiger partial charge is 0.206 e. The van der Waals surface area contributed by atoms with E-state index in [1.807, 2.05) is 0 Å². The Hall–Kier alpha value is -1.55. The predicted molar refractivity (Wildman–Crippen MR) is 88.5 cm³/mol. The first kappa shape index (κ1) is 14.4. The molecule has 1 aliphatic rings. The van der Waals surface area contributed by atoms with Gasteiger partial charge in [-0.3, -0.25) is 0 Å². The third-order valence-electron chi connectivity index (χ3n) is 4.93. The van der Waals surface area contributed by atoms with Crippen molar-refractivity contribution in [2.45, 2.75) is 38.6 Å². The van der Waals surface area contributed by atoms with E-state index < -0.39 is 0 Å². The molecule has 0 aliphatic heterocycles. The summed E-state index contributed by atoms with van der Waals surface area (Å²) >= 11 is 0. The largest absolute Gasteiger partial charge is 0.339 e. The lowest BCUT2D eigenvalue weighted by atomic mass is 9.83. The van der Waals surface area contributed by atoms with Gasteiger partial charge in [-0.1, -0.05) is 25.0 Å². The van der Waals surface area contributed by atoms with E-state index in [1.54, 1.807) is 0 Å². The average molecular weight is 286 g/mol. The molecule has 2 aromatic rings. The normalized spacial score (nSPS) is 22.6. The molecule has 3 rings (SSSR count). The molecule has 4 nitrogen and oxygen atoms in total. The molecule has 1 saturated carbocycles. The Bertz CT molecular complexity index is 604. The summed E-state index contributed by atoms with van der Waals surface area (Å²) in [5.74, 6) is 1.68. The maximum atomic E-state index is 6.02. The van der Waals surface area contributed by atoms with E-state index >= 15 is 0 Å². The van der Waals surface area contributed by atoms with Crippen LogP contribution in [0.15, 0.2) is 24.3 Å². The summed E-state index contributed by atoms with van der Waals surface area (Å²) in [5, 5.41) is 0. The molecule has 0 spiro atoms. The van der Waals surface area contributed by atoms with Crippen molar-refractivity contribution < 1.29 is 0 Å². The second-order valence-electron chi connectivity index (χ2n) is 6.09. The lowest BCUT2D eigenvalue weighted by molar-refractivity contribution is 0.297. The first-order chi connectivity index (χ1) is 10.3. The summed E-state index contributed by atoms with van der Waals surface area (Å²) in [7, 11) is 2.12. The van der Waals surface area contributed by atoms with Gasteiger partial charge in [-0.05, 0) is 44.4 Å². The number of nitrogens with two attached hydrogens (primary N) is 1. The van der Waals surface area contributed by atoms with Crippen LogP contribution in [0.1, 0.15) is 32.6 Å². The zero-order valence-corrected chi connectivity index (χ0v) is 13.1. The highest BCUT2D eigenvalue weighted by atomic mass is 15.3. The number of aromatic nitrogens is 2. The van der Waals surface area contributed by atoms with E-state index in [0.717, 1.165) is 24.6 Å². The summed E-state index contributed by atoms with van der Waals surface area (Å²) in [6.45, 7) is 3.99. The molecule has 1 aromatic heterocycles. The number of benzene rings is 1. The average Bonchev–Trinajstić information content (AvgIpc) is 2.86. The minimum atomic E-state index is 0.532. The quantitative estimate of drug-likeness (QED) is 0.940. The summed E-state index contributed by atoms with van der Waals surface area (Å²) < 4.78 is 2.22. The predicted octanol–water partition coefficient (Wildman–Crippen LogP) is 2.92. The van der Waals surface area contributed by atoms with Crippen molar-refractivity contribution in [1.29, 1.82) is 0 Å². The van der Waals surface area contributed by atoms with Crippen LogP contribution in [-0.2, 0) is 7.05 Å². The summed E-state index contributed by atoms with van der Waals surface area (Å²) in [4.78, 5) is 7.34. The lowest BCUT2D eigenvalue weighted by Crippen LogP contribution is -2.46. The molecule has 2 N–H and O–H groups in total. The number of anilines is 1. The fraction of sp³-hybridized carbons (Fsp3) is 0.588. The van der Waals surface area contributed by atoms with Gasteiger partial charge in [-0.25, -0.2) is 4.98 Å². The van der Waals surface area contributed by atoms with Gasteiger partial charge in [-0.2, -0.15) is 0 Å². The van der Waals surface area contributed by atoms with Crippen LogP contribution in [0, 0.1) is 5.92 Å². The van der Waals surface area contributed by atoms with Gasteiger partial charge < -0.3 is 15.2 Å². The van der Waals surface area contributed by atoms with Gasteiger partial charge in [0.15, 0.2) is 0 Å². The molecule has 21 heavy (non-hydrogen) atoms. The Morgan fingerprint density at radius 3 is 2.76 bits per heavy atom. The van der Waals surface area contributed by atoms with Gasteiger partial charge in [0.2, 0.25) is 5.95 Å². The van der Waals surface area contributed by atoms with Crippen molar-refractivity contribution in [3.8, 4) is 0 Å². The van der Waals surface area contributed by atoms with Gasteiger partial charge in [0.25, 0.3) is 0 Å². The molecule has 0 bridgehead atoms. The Kier molecular flexibility index (Phi) is 4.15. The molecular formula is C17H26N4. The molecule has 0 radical (unpaired) electrons. The summed E-state index contributed by atoms with van der Waals surface area (Å²) in [6, 6.07) is 8.89. The van der Waals surface area contributed by atoms with Gasteiger partial charge >= 0.3 is 0 Å². The highest BCUT2D eigenvalue weighted by Gasteiger charge is 2.30. The fourth-order valence-corrected chi connectivity index (χ4v) is 3.79. The number of rotatable bonds is 4. The standard InChI is InChI=1S/C17H26N4/c1-3-21(15-10-6-4-8-13(15)12-18)17-19-14-9-5-7-11-16(14)20(17)2/h5,7,9,11,13,15H,3-4,6,8,10,12,18H2,1-2H3. The molecule has 2 unspecified atom stereocenters. The lowest BCUT2D eigenvalue weighted by Gasteiger charge is -2.39. The number of nitrogens with zero attached hydrogens (tertiary/aromatic N) is 3. The van der Waals surface area contributed by atoms with E-state index in [2.05, 4.69) is 47.7 Å². The zero-order valence-electron chi connectivity index (χ0n) is 13.1.